The lowest BCUT2D eigenvalue weighted by Gasteiger charge is -2.37. The molecule has 3 fully saturated rings. The number of carboxylic acid groups (broad SMARTS) is 1. The number of rotatable bonds is 11. The Bertz CT molecular complexity index is 816. The van der Waals surface area contributed by atoms with Crippen molar-refractivity contribution in [1.82, 2.24) is 0 Å². The molecule has 1 aromatic rings. The molecule has 0 spiro atoms. The highest BCUT2D eigenvalue weighted by Crippen LogP contribution is 2.46. The molecule has 0 aromatic heterocycles. The van der Waals surface area contributed by atoms with Gasteiger partial charge in [0.25, 0.3) is 0 Å². The van der Waals surface area contributed by atoms with Gasteiger partial charge in [0.1, 0.15) is 11.5 Å². The summed E-state index contributed by atoms with van der Waals surface area (Å²) in [4.78, 5) is 11.7. The number of carboxylic acids is 1. The smallest absolute Gasteiger partial charge is 0.306 e. The first-order chi connectivity index (χ1) is 17.0. The summed E-state index contributed by atoms with van der Waals surface area (Å²) >= 11 is 0. The van der Waals surface area contributed by atoms with Crippen molar-refractivity contribution in [2.45, 2.75) is 88.5 Å². The molecule has 2 unspecified atom stereocenters. The van der Waals surface area contributed by atoms with Crippen LogP contribution in [0.15, 0.2) is 42.2 Å². The minimum Gasteiger partial charge on any atom is -0.493 e. The van der Waals surface area contributed by atoms with Crippen LogP contribution < -0.4 is 4.74 Å². The van der Waals surface area contributed by atoms with Crippen molar-refractivity contribution in [2.75, 3.05) is 19.8 Å². The van der Waals surface area contributed by atoms with Crippen molar-refractivity contribution in [2.24, 2.45) is 5.92 Å². The first-order valence-corrected chi connectivity index (χ1v) is 12.9. The normalized spacial score (nSPS) is 31.7. The van der Waals surface area contributed by atoms with E-state index < -0.39 is 29.9 Å². The molecule has 1 saturated carbocycles. The fourth-order valence-electron chi connectivity index (χ4n) is 5.23. The van der Waals surface area contributed by atoms with Crippen molar-refractivity contribution < 1.29 is 38.7 Å². The van der Waals surface area contributed by atoms with Crippen LogP contribution in [0.4, 0.5) is 0 Å². The highest BCUT2D eigenvalue weighted by Gasteiger charge is 2.53. The van der Waals surface area contributed by atoms with Crippen LogP contribution in [0.2, 0.25) is 0 Å². The number of para-hydroxylation sites is 1. The van der Waals surface area contributed by atoms with Crippen molar-refractivity contribution in [1.29, 1.82) is 0 Å². The molecule has 8 nitrogen and oxygen atoms in total. The molecular formula is C27H38O8. The molecule has 0 amide bonds. The van der Waals surface area contributed by atoms with E-state index in [9.17, 15) is 15.0 Å². The fourth-order valence-corrected chi connectivity index (χ4v) is 5.23. The summed E-state index contributed by atoms with van der Waals surface area (Å²) < 4.78 is 30.1. The number of aliphatic hydroxyl groups is 1. The van der Waals surface area contributed by atoms with Gasteiger partial charge >= 0.3 is 5.97 Å². The molecule has 194 valence electrons. The van der Waals surface area contributed by atoms with Gasteiger partial charge in [-0.15, -0.1) is 0 Å². The topological polar surface area (TPSA) is 104 Å². The maximum Gasteiger partial charge on any atom is 0.306 e. The Kier molecular flexibility index (Phi) is 9.43. The van der Waals surface area contributed by atoms with Crippen LogP contribution in [-0.2, 0) is 23.7 Å². The summed E-state index contributed by atoms with van der Waals surface area (Å²) in [6.45, 7) is 1.69. The molecule has 35 heavy (non-hydrogen) atoms. The van der Waals surface area contributed by atoms with E-state index in [-0.39, 0.29) is 12.7 Å². The Morgan fingerprint density at radius 1 is 1.03 bits per heavy atom. The molecule has 3 aliphatic rings. The van der Waals surface area contributed by atoms with E-state index in [2.05, 4.69) is 0 Å². The highest BCUT2D eigenvalue weighted by molar-refractivity contribution is 5.68. The zero-order chi connectivity index (χ0) is 24.5. The van der Waals surface area contributed by atoms with Crippen LogP contribution in [0.1, 0.15) is 64.2 Å². The van der Waals surface area contributed by atoms with E-state index >= 15 is 0 Å². The van der Waals surface area contributed by atoms with Crippen LogP contribution in [-0.4, -0.2) is 60.3 Å². The summed E-state index contributed by atoms with van der Waals surface area (Å²) in [7, 11) is 0. The second kappa shape index (κ2) is 12.7. The summed E-state index contributed by atoms with van der Waals surface area (Å²) in [5.74, 6) is -0.382. The van der Waals surface area contributed by atoms with E-state index in [0.29, 0.717) is 44.8 Å². The summed E-state index contributed by atoms with van der Waals surface area (Å²) in [5.41, 5.74) is -1.48. The standard InChI is InChI=1S/C27H38O8/c28-23(29)19-27(30)15-14-22(35-25-13-5-7-17-33-25)26(27)21(34-24-12-4-6-16-32-24)11-8-18-31-20-9-2-1-3-10-20/h1-3,9-11,22,24-26,30H,4-8,12-19H2,(H,28,29)/t22-,24?,25?,26+,27+/m0/s1. The zero-order valence-corrected chi connectivity index (χ0v) is 20.3. The van der Waals surface area contributed by atoms with Gasteiger partial charge in [0.2, 0.25) is 0 Å². The predicted octanol–water partition coefficient (Wildman–Crippen LogP) is 4.41. The number of carbonyl (C=O) groups is 1. The summed E-state index contributed by atoms with van der Waals surface area (Å²) in [5, 5.41) is 21.1. The maximum absolute atomic E-state index is 11.7. The third-order valence-corrected chi connectivity index (χ3v) is 6.92. The maximum atomic E-state index is 11.7. The van der Waals surface area contributed by atoms with E-state index in [4.69, 9.17) is 23.7 Å². The molecule has 4 rings (SSSR count). The molecule has 2 aliphatic heterocycles. The van der Waals surface area contributed by atoms with Crippen LogP contribution in [0, 0.1) is 5.92 Å². The van der Waals surface area contributed by atoms with Crippen molar-refractivity contribution in [3.63, 3.8) is 0 Å². The van der Waals surface area contributed by atoms with Crippen molar-refractivity contribution in [3.05, 3.63) is 42.2 Å². The molecule has 1 aliphatic carbocycles. The fraction of sp³-hybridized carbons (Fsp3) is 0.667. The van der Waals surface area contributed by atoms with E-state index in [1.807, 2.05) is 36.4 Å². The Morgan fingerprint density at radius 2 is 1.74 bits per heavy atom. The van der Waals surface area contributed by atoms with Crippen molar-refractivity contribution in [3.8, 4) is 5.75 Å². The van der Waals surface area contributed by atoms with Gasteiger partial charge in [0.15, 0.2) is 12.6 Å². The minimum absolute atomic E-state index is 0.314. The molecule has 8 heteroatoms. The average molecular weight is 491 g/mol. The third-order valence-electron chi connectivity index (χ3n) is 6.92. The van der Waals surface area contributed by atoms with Gasteiger partial charge in [-0.2, -0.15) is 0 Å². The number of aliphatic carboxylic acids is 1. The van der Waals surface area contributed by atoms with Crippen molar-refractivity contribution >= 4 is 5.97 Å². The lowest BCUT2D eigenvalue weighted by Crippen LogP contribution is -2.43. The largest absolute Gasteiger partial charge is 0.493 e. The molecule has 5 atom stereocenters. The van der Waals surface area contributed by atoms with Gasteiger partial charge < -0.3 is 33.9 Å². The van der Waals surface area contributed by atoms with E-state index in [1.54, 1.807) is 0 Å². The first kappa shape index (κ1) is 25.9. The SMILES string of the molecule is O=C(O)C[C@]1(O)CC[C@H](OC2CCCCO2)[C@H]1C(=CCCOc1ccccc1)OC1CCCCO1. The van der Waals surface area contributed by atoms with Gasteiger partial charge in [0, 0.05) is 19.4 Å². The average Bonchev–Trinajstić information content (AvgIpc) is 3.17. The summed E-state index contributed by atoms with van der Waals surface area (Å²) in [6, 6.07) is 9.56. The molecule has 2 heterocycles. The predicted molar refractivity (Wildman–Crippen MR) is 128 cm³/mol. The molecule has 0 bridgehead atoms. The number of hydrogen-bond acceptors (Lipinski definition) is 7. The molecular weight excluding hydrogens is 452 g/mol. The zero-order valence-electron chi connectivity index (χ0n) is 20.3. The molecule has 0 radical (unpaired) electrons. The number of ether oxygens (including phenoxy) is 5. The molecule has 2 N–H and O–H groups in total. The lowest BCUT2D eigenvalue weighted by molar-refractivity contribution is -0.208. The molecule has 2 saturated heterocycles. The van der Waals surface area contributed by atoms with Crippen LogP contribution >= 0.6 is 0 Å². The van der Waals surface area contributed by atoms with Gasteiger partial charge in [-0.25, -0.2) is 0 Å². The number of hydrogen-bond donors (Lipinski definition) is 2. The highest BCUT2D eigenvalue weighted by atomic mass is 16.7. The van der Waals surface area contributed by atoms with Gasteiger partial charge in [-0.05, 0) is 63.2 Å². The summed E-state index contributed by atoms with van der Waals surface area (Å²) in [6.07, 6.45) is 7.26. The lowest BCUT2D eigenvalue weighted by atomic mass is 9.84. The number of benzene rings is 1. The first-order valence-electron chi connectivity index (χ1n) is 12.9. The van der Waals surface area contributed by atoms with Gasteiger partial charge in [-0.3, -0.25) is 4.79 Å². The quantitative estimate of drug-likeness (QED) is 0.347. The Labute approximate surface area is 207 Å². The Hall–Kier alpha value is -2.13. The van der Waals surface area contributed by atoms with Gasteiger partial charge in [0.05, 0.1) is 37.3 Å². The van der Waals surface area contributed by atoms with Crippen LogP contribution in [0.25, 0.3) is 0 Å². The second-order valence-electron chi connectivity index (χ2n) is 9.63. The van der Waals surface area contributed by atoms with E-state index in [0.717, 1.165) is 44.3 Å². The van der Waals surface area contributed by atoms with Crippen LogP contribution in [0.3, 0.4) is 0 Å². The monoisotopic (exact) mass is 490 g/mol. The second-order valence-corrected chi connectivity index (χ2v) is 9.63. The minimum atomic E-state index is -1.48. The van der Waals surface area contributed by atoms with Crippen LogP contribution in [0.5, 0.6) is 5.75 Å². The van der Waals surface area contributed by atoms with Gasteiger partial charge in [-0.1, -0.05) is 18.2 Å². The van der Waals surface area contributed by atoms with E-state index in [1.165, 1.54) is 0 Å². The third kappa shape index (κ3) is 7.43. The molecule has 1 aromatic carbocycles. The Balaban J connectivity index is 1.53. The Morgan fingerprint density at radius 3 is 2.40 bits per heavy atom.